The van der Waals surface area contributed by atoms with E-state index in [2.05, 4.69) is 20.8 Å². The fourth-order valence-electron chi connectivity index (χ4n) is 2.21. The van der Waals surface area contributed by atoms with Crippen LogP contribution in [0.3, 0.4) is 0 Å². The van der Waals surface area contributed by atoms with Gasteiger partial charge in [-0.1, -0.05) is 33.6 Å². The van der Waals surface area contributed by atoms with Crippen LogP contribution in [0, 0.1) is 11.8 Å². The summed E-state index contributed by atoms with van der Waals surface area (Å²) in [5.41, 5.74) is 5.65. The normalized spacial score (nSPS) is 15.5. The number of ether oxygens (including phenoxy) is 4. The van der Waals surface area contributed by atoms with Gasteiger partial charge in [0.25, 0.3) is 0 Å². The van der Waals surface area contributed by atoms with Crippen LogP contribution in [-0.2, 0) is 18.9 Å². The number of rotatable bonds is 18. The van der Waals surface area contributed by atoms with Crippen LogP contribution >= 0.6 is 0 Å². The Bertz CT molecular complexity index is 274. The minimum atomic E-state index is 0.0835. The summed E-state index contributed by atoms with van der Waals surface area (Å²) >= 11 is 0. The van der Waals surface area contributed by atoms with Crippen LogP contribution in [0.15, 0.2) is 0 Å². The smallest absolute Gasteiger partial charge is 0.0781 e. The third-order valence-electron chi connectivity index (χ3n) is 3.58. The number of nitrogens with two attached hydrogens (primary N) is 1. The van der Waals surface area contributed by atoms with E-state index in [4.69, 9.17) is 24.7 Å². The van der Waals surface area contributed by atoms with Crippen molar-refractivity contribution in [1.82, 2.24) is 0 Å². The highest BCUT2D eigenvalue weighted by Crippen LogP contribution is 2.04. The highest BCUT2D eigenvalue weighted by molar-refractivity contribution is 4.54. The van der Waals surface area contributed by atoms with Crippen molar-refractivity contribution in [1.29, 1.82) is 0 Å². The van der Waals surface area contributed by atoms with E-state index in [0.29, 0.717) is 25.0 Å². The molecule has 0 aliphatic heterocycles. The highest BCUT2D eigenvalue weighted by atomic mass is 16.5. The molecule has 0 saturated heterocycles. The Kier molecular flexibility index (Phi) is 17.1. The first-order valence-corrected chi connectivity index (χ1v) is 10.0. The molecule has 0 rings (SSSR count). The van der Waals surface area contributed by atoms with Crippen LogP contribution < -0.4 is 5.73 Å². The molecule has 152 valence electrons. The van der Waals surface area contributed by atoms with E-state index >= 15 is 0 Å². The maximum absolute atomic E-state index is 5.72. The average molecular weight is 362 g/mol. The Hall–Kier alpha value is -0.200. The molecule has 0 radical (unpaired) electrons. The minimum Gasteiger partial charge on any atom is -0.381 e. The molecular formula is C20H43NO4. The van der Waals surface area contributed by atoms with Gasteiger partial charge in [0.1, 0.15) is 0 Å². The molecule has 3 atom stereocenters. The first-order chi connectivity index (χ1) is 11.9. The molecule has 2 N–H and O–H groups in total. The van der Waals surface area contributed by atoms with Gasteiger partial charge >= 0.3 is 0 Å². The van der Waals surface area contributed by atoms with Gasteiger partial charge in [-0.3, -0.25) is 0 Å². The van der Waals surface area contributed by atoms with Crippen LogP contribution in [0.5, 0.6) is 0 Å². The molecule has 0 spiro atoms. The maximum Gasteiger partial charge on any atom is 0.0781 e. The Morgan fingerprint density at radius 2 is 1.20 bits per heavy atom. The van der Waals surface area contributed by atoms with Crippen LogP contribution in [-0.4, -0.2) is 58.4 Å². The van der Waals surface area contributed by atoms with Gasteiger partial charge in [0.15, 0.2) is 0 Å². The molecule has 0 aromatic heterocycles. The second-order valence-corrected chi connectivity index (χ2v) is 7.72. The minimum absolute atomic E-state index is 0.0835. The summed E-state index contributed by atoms with van der Waals surface area (Å²) in [7, 11) is 0. The first-order valence-electron chi connectivity index (χ1n) is 10.0. The lowest BCUT2D eigenvalue weighted by atomic mass is 10.2. The Morgan fingerprint density at radius 3 is 1.76 bits per heavy atom. The molecule has 0 saturated carbocycles. The Balaban J connectivity index is 3.23. The number of unbranched alkanes of at least 4 members (excludes halogenated alkanes) is 3. The van der Waals surface area contributed by atoms with E-state index in [1.165, 1.54) is 12.8 Å². The average Bonchev–Trinajstić information content (AvgIpc) is 2.54. The summed E-state index contributed by atoms with van der Waals surface area (Å²) in [5, 5.41) is 0. The SMILES string of the molecule is CC(C)COCC(C)COCCCCCCOCC(C)OCC(C)N. The monoisotopic (exact) mass is 361 g/mol. The molecule has 0 aromatic carbocycles. The van der Waals surface area contributed by atoms with Crippen molar-refractivity contribution in [2.24, 2.45) is 17.6 Å². The molecule has 0 bridgehead atoms. The van der Waals surface area contributed by atoms with Crippen molar-refractivity contribution in [2.75, 3.05) is 46.2 Å². The Morgan fingerprint density at radius 1 is 0.640 bits per heavy atom. The summed E-state index contributed by atoms with van der Waals surface area (Å²) in [4.78, 5) is 0. The second kappa shape index (κ2) is 17.2. The van der Waals surface area contributed by atoms with E-state index in [9.17, 15) is 0 Å². The molecule has 25 heavy (non-hydrogen) atoms. The zero-order valence-corrected chi connectivity index (χ0v) is 17.3. The summed E-state index contributed by atoms with van der Waals surface area (Å²) in [6.45, 7) is 15.8. The maximum atomic E-state index is 5.72. The zero-order valence-electron chi connectivity index (χ0n) is 17.3. The molecule has 0 aromatic rings. The first kappa shape index (κ1) is 24.8. The van der Waals surface area contributed by atoms with Crippen molar-refractivity contribution >= 4 is 0 Å². The molecule has 5 nitrogen and oxygen atoms in total. The largest absolute Gasteiger partial charge is 0.381 e. The quantitative estimate of drug-likeness (QED) is 0.378. The van der Waals surface area contributed by atoms with Gasteiger partial charge in [0.2, 0.25) is 0 Å². The summed E-state index contributed by atoms with van der Waals surface area (Å²) < 4.78 is 22.5. The molecular weight excluding hydrogens is 318 g/mol. The topological polar surface area (TPSA) is 62.9 Å². The molecule has 5 heteroatoms. The number of hydrogen-bond acceptors (Lipinski definition) is 5. The van der Waals surface area contributed by atoms with Gasteiger partial charge in [-0.2, -0.15) is 0 Å². The molecule has 0 aliphatic rings. The van der Waals surface area contributed by atoms with Gasteiger partial charge in [-0.25, -0.2) is 0 Å². The van der Waals surface area contributed by atoms with Crippen molar-refractivity contribution in [3.05, 3.63) is 0 Å². The van der Waals surface area contributed by atoms with Crippen LogP contribution in [0.2, 0.25) is 0 Å². The lowest BCUT2D eigenvalue weighted by Gasteiger charge is -2.15. The van der Waals surface area contributed by atoms with E-state index in [0.717, 1.165) is 45.9 Å². The van der Waals surface area contributed by atoms with Gasteiger partial charge in [-0.05, 0) is 32.6 Å². The predicted octanol–water partition coefficient (Wildman–Crippen LogP) is 3.64. The zero-order chi connectivity index (χ0) is 18.9. The van der Waals surface area contributed by atoms with Crippen molar-refractivity contribution in [3.63, 3.8) is 0 Å². The molecule has 0 fully saturated rings. The van der Waals surface area contributed by atoms with Crippen molar-refractivity contribution in [2.45, 2.75) is 72.4 Å². The molecule has 0 aliphatic carbocycles. The predicted molar refractivity (Wildman–Crippen MR) is 104 cm³/mol. The van der Waals surface area contributed by atoms with Gasteiger partial charge in [0.05, 0.1) is 32.5 Å². The Labute approximate surface area is 155 Å². The van der Waals surface area contributed by atoms with E-state index in [-0.39, 0.29) is 12.1 Å². The van der Waals surface area contributed by atoms with Gasteiger partial charge in [-0.15, -0.1) is 0 Å². The summed E-state index contributed by atoms with van der Waals surface area (Å²) in [5.74, 6) is 1.07. The van der Waals surface area contributed by atoms with Gasteiger partial charge < -0.3 is 24.7 Å². The third kappa shape index (κ3) is 20.0. The van der Waals surface area contributed by atoms with Crippen molar-refractivity contribution in [3.8, 4) is 0 Å². The third-order valence-corrected chi connectivity index (χ3v) is 3.58. The summed E-state index contributed by atoms with van der Waals surface area (Å²) in [6, 6.07) is 0.0835. The molecule has 0 amide bonds. The van der Waals surface area contributed by atoms with E-state index in [1.54, 1.807) is 0 Å². The lowest BCUT2D eigenvalue weighted by molar-refractivity contribution is -0.0109. The molecule has 3 unspecified atom stereocenters. The fraction of sp³-hybridized carbons (Fsp3) is 1.00. The summed E-state index contributed by atoms with van der Waals surface area (Å²) in [6.07, 6.45) is 4.71. The van der Waals surface area contributed by atoms with Crippen LogP contribution in [0.25, 0.3) is 0 Å². The van der Waals surface area contributed by atoms with Gasteiger partial charge in [0, 0.05) is 31.8 Å². The van der Waals surface area contributed by atoms with Crippen LogP contribution in [0.1, 0.15) is 60.3 Å². The van der Waals surface area contributed by atoms with E-state index in [1.807, 2.05) is 13.8 Å². The molecule has 0 heterocycles. The van der Waals surface area contributed by atoms with E-state index < -0.39 is 0 Å². The number of hydrogen-bond donors (Lipinski definition) is 1. The fourth-order valence-corrected chi connectivity index (χ4v) is 2.21. The highest BCUT2D eigenvalue weighted by Gasteiger charge is 2.05. The van der Waals surface area contributed by atoms with Crippen LogP contribution in [0.4, 0.5) is 0 Å². The standard InChI is InChI=1S/C20H43NO4/c1-17(2)12-24-14-18(3)13-22-10-8-6-7-9-11-23-16-20(5)25-15-19(4)21/h17-20H,6-16,21H2,1-5H3. The van der Waals surface area contributed by atoms with Crippen molar-refractivity contribution < 1.29 is 18.9 Å². The lowest BCUT2D eigenvalue weighted by Crippen LogP contribution is -2.27. The second-order valence-electron chi connectivity index (χ2n) is 7.72.